The van der Waals surface area contributed by atoms with Gasteiger partial charge >= 0.3 is 0 Å². The molecule has 0 aromatic heterocycles. The highest BCUT2D eigenvalue weighted by molar-refractivity contribution is 9.10. The Balaban J connectivity index is 0.000000176. The highest BCUT2D eigenvalue weighted by Crippen LogP contribution is 2.35. The van der Waals surface area contributed by atoms with Crippen LogP contribution in [0, 0.1) is 5.92 Å². The molecular formula is C23H26BrNO3. The summed E-state index contributed by atoms with van der Waals surface area (Å²) in [5, 5.41) is 0. The Labute approximate surface area is 175 Å². The number of carbonyl (C=O) groups is 1. The van der Waals surface area contributed by atoms with Gasteiger partial charge < -0.3 is 14.4 Å². The van der Waals surface area contributed by atoms with Crippen LogP contribution in [0.3, 0.4) is 0 Å². The predicted molar refractivity (Wildman–Crippen MR) is 115 cm³/mol. The van der Waals surface area contributed by atoms with Crippen LogP contribution in [-0.4, -0.2) is 37.4 Å². The summed E-state index contributed by atoms with van der Waals surface area (Å²) in [4.78, 5) is 13.3. The summed E-state index contributed by atoms with van der Waals surface area (Å²) in [6, 6.07) is 16.3. The van der Waals surface area contributed by atoms with Gasteiger partial charge in [-0.15, -0.1) is 0 Å². The Morgan fingerprint density at radius 3 is 2.68 bits per heavy atom. The van der Waals surface area contributed by atoms with E-state index in [2.05, 4.69) is 34.0 Å². The van der Waals surface area contributed by atoms with E-state index in [1.54, 1.807) is 13.2 Å². The van der Waals surface area contributed by atoms with Crippen molar-refractivity contribution in [1.29, 1.82) is 0 Å². The van der Waals surface area contributed by atoms with Crippen molar-refractivity contribution in [3.63, 3.8) is 0 Å². The number of methoxy groups -OCH3 is 1. The fourth-order valence-electron chi connectivity index (χ4n) is 3.59. The van der Waals surface area contributed by atoms with E-state index in [1.807, 2.05) is 48.5 Å². The van der Waals surface area contributed by atoms with Crippen LogP contribution in [0.25, 0.3) is 0 Å². The van der Waals surface area contributed by atoms with Crippen molar-refractivity contribution in [1.82, 2.24) is 4.90 Å². The summed E-state index contributed by atoms with van der Waals surface area (Å²) in [6.07, 6.45) is 5.79. The maximum Gasteiger partial charge on any atom is 0.175 e. The van der Waals surface area contributed by atoms with Gasteiger partial charge in [0.1, 0.15) is 6.61 Å². The van der Waals surface area contributed by atoms with Crippen molar-refractivity contribution in [2.24, 2.45) is 5.92 Å². The number of carbonyl (C=O) groups excluding carboxylic acids is 1. The molecule has 0 amide bonds. The highest BCUT2D eigenvalue weighted by Gasteiger charge is 2.33. The van der Waals surface area contributed by atoms with Crippen molar-refractivity contribution in [2.45, 2.75) is 25.5 Å². The number of nitrogens with zero attached hydrogens (tertiary/aromatic N) is 1. The minimum atomic E-state index is 0.292. The zero-order valence-electron chi connectivity index (χ0n) is 16.3. The fourth-order valence-corrected chi connectivity index (χ4v) is 4.06. The fraction of sp³-hybridized carbons (Fsp3) is 0.348. The molecule has 0 bridgehead atoms. The second-order valence-corrected chi connectivity index (χ2v) is 7.93. The lowest BCUT2D eigenvalue weighted by Gasteiger charge is -2.24. The summed E-state index contributed by atoms with van der Waals surface area (Å²) in [5.74, 6) is 2.41. The first-order valence-corrected chi connectivity index (χ1v) is 10.3. The van der Waals surface area contributed by atoms with Gasteiger partial charge in [0.2, 0.25) is 0 Å². The number of hydrogen-bond donors (Lipinski definition) is 0. The smallest absolute Gasteiger partial charge is 0.175 e. The lowest BCUT2D eigenvalue weighted by Crippen LogP contribution is -2.32. The van der Waals surface area contributed by atoms with E-state index >= 15 is 0 Å². The summed E-state index contributed by atoms with van der Waals surface area (Å²) < 4.78 is 11.9. The zero-order valence-corrected chi connectivity index (χ0v) is 17.9. The first kappa shape index (κ1) is 20.6. The third kappa shape index (κ3) is 5.24. The van der Waals surface area contributed by atoms with Crippen molar-refractivity contribution >= 4 is 21.7 Å². The number of benzene rings is 2. The summed E-state index contributed by atoms with van der Waals surface area (Å²) in [7, 11) is 3.74. The second kappa shape index (κ2) is 9.89. The topological polar surface area (TPSA) is 38.8 Å². The minimum absolute atomic E-state index is 0.292. The van der Waals surface area contributed by atoms with E-state index in [0.717, 1.165) is 34.5 Å². The first-order valence-electron chi connectivity index (χ1n) is 9.49. The average molecular weight is 444 g/mol. The van der Waals surface area contributed by atoms with E-state index in [9.17, 15) is 4.79 Å². The van der Waals surface area contributed by atoms with Gasteiger partial charge in [-0.05, 0) is 65.6 Å². The van der Waals surface area contributed by atoms with Crippen LogP contribution in [-0.2, 0) is 11.4 Å². The molecule has 28 heavy (non-hydrogen) atoms. The molecule has 0 spiro atoms. The molecule has 2 aliphatic rings. The van der Waals surface area contributed by atoms with Crippen LogP contribution in [0.5, 0.6) is 11.5 Å². The molecule has 5 heteroatoms. The van der Waals surface area contributed by atoms with E-state index in [0.29, 0.717) is 24.3 Å². The number of hydrogen-bond acceptors (Lipinski definition) is 4. The molecule has 1 fully saturated rings. The molecule has 0 N–H and O–H groups in total. The molecule has 2 aromatic carbocycles. The molecule has 2 atom stereocenters. The molecule has 1 heterocycles. The minimum Gasteiger partial charge on any atom is -0.493 e. The number of fused-ring (bicyclic) bond motifs is 1. The maximum absolute atomic E-state index is 11.0. The van der Waals surface area contributed by atoms with Gasteiger partial charge in [0.15, 0.2) is 17.3 Å². The average Bonchev–Trinajstić information content (AvgIpc) is 3.08. The molecule has 2 aromatic rings. The standard InChI is InChI=1S/C14H13BrO2.C9H13NO/c1-16-13-9-5-8-12(15)14(13)17-10-11-6-3-2-4-7-11;1-10-5-4-7-2-3-8(11)6-9(7)10/h2-9H,10H2,1H3;2-3,7,9H,4-6H2,1H3. The van der Waals surface area contributed by atoms with Crippen molar-refractivity contribution < 1.29 is 14.3 Å². The van der Waals surface area contributed by atoms with Crippen LogP contribution in [0.15, 0.2) is 65.2 Å². The van der Waals surface area contributed by atoms with Crippen molar-refractivity contribution in [3.05, 3.63) is 70.7 Å². The van der Waals surface area contributed by atoms with Gasteiger partial charge in [0, 0.05) is 12.5 Å². The monoisotopic (exact) mass is 443 g/mol. The molecule has 1 saturated heterocycles. The maximum atomic E-state index is 11.0. The largest absolute Gasteiger partial charge is 0.493 e. The molecular weight excluding hydrogens is 418 g/mol. The summed E-state index contributed by atoms with van der Waals surface area (Å²) in [6.45, 7) is 1.67. The normalized spacial score (nSPS) is 20.9. The van der Waals surface area contributed by atoms with Crippen LogP contribution >= 0.6 is 15.9 Å². The Bertz CT molecular complexity index is 822. The Kier molecular flexibility index (Phi) is 7.29. The number of rotatable bonds is 4. The van der Waals surface area contributed by atoms with E-state index in [1.165, 1.54) is 6.42 Å². The van der Waals surface area contributed by atoms with Gasteiger partial charge in [0.05, 0.1) is 11.6 Å². The quantitative estimate of drug-likeness (QED) is 0.675. The van der Waals surface area contributed by atoms with Crippen LogP contribution in [0.1, 0.15) is 18.4 Å². The van der Waals surface area contributed by atoms with Gasteiger partial charge in [-0.3, -0.25) is 4.79 Å². The van der Waals surface area contributed by atoms with E-state index in [4.69, 9.17) is 9.47 Å². The number of ketones is 1. The van der Waals surface area contributed by atoms with Gasteiger partial charge in [-0.2, -0.15) is 0 Å². The highest BCUT2D eigenvalue weighted by atomic mass is 79.9. The number of allylic oxidation sites excluding steroid dienone is 1. The van der Waals surface area contributed by atoms with Gasteiger partial charge in [0.25, 0.3) is 0 Å². The third-order valence-electron chi connectivity index (χ3n) is 5.19. The molecule has 148 valence electrons. The van der Waals surface area contributed by atoms with Gasteiger partial charge in [-0.25, -0.2) is 0 Å². The predicted octanol–water partition coefficient (Wildman–Crippen LogP) is 4.87. The Hall–Kier alpha value is -2.11. The van der Waals surface area contributed by atoms with Crippen LogP contribution in [0.2, 0.25) is 0 Å². The van der Waals surface area contributed by atoms with E-state index < -0.39 is 0 Å². The van der Waals surface area contributed by atoms with Crippen LogP contribution in [0.4, 0.5) is 0 Å². The Morgan fingerprint density at radius 1 is 1.14 bits per heavy atom. The first-order chi connectivity index (χ1) is 13.6. The number of para-hydroxylation sites is 1. The lowest BCUT2D eigenvalue weighted by atomic mass is 9.90. The second-order valence-electron chi connectivity index (χ2n) is 7.08. The molecule has 0 saturated carbocycles. The lowest BCUT2D eigenvalue weighted by molar-refractivity contribution is -0.116. The number of ether oxygens (including phenoxy) is 2. The third-order valence-corrected chi connectivity index (χ3v) is 5.82. The number of halogens is 1. The molecule has 2 unspecified atom stereocenters. The van der Waals surface area contributed by atoms with Gasteiger partial charge in [-0.1, -0.05) is 42.5 Å². The Morgan fingerprint density at radius 2 is 1.93 bits per heavy atom. The van der Waals surface area contributed by atoms with E-state index in [-0.39, 0.29) is 0 Å². The van der Waals surface area contributed by atoms with Crippen LogP contribution < -0.4 is 9.47 Å². The molecule has 1 aliphatic carbocycles. The molecule has 4 nitrogen and oxygen atoms in total. The summed E-state index contributed by atoms with van der Waals surface area (Å²) in [5.41, 5.74) is 1.13. The SMILES string of the molecule is CN1CCC2C=CC(=O)CC21.COc1cccc(Br)c1OCc1ccccc1. The number of likely N-dealkylation sites (tertiary alicyclic amines) is 1. The zero-order chi connectivity index (χ0) is 19.9. The molecule has 1 aliphatic heterocycles. The molecule has 0 radical (unpaired) electrons. The molecule has 4 rings (SSSR count). The van der Waals surface area contributed by atoms with Crippen molar-refractivity contribution in [2.75, 3.05) is 20.7 Å². The van der Waals surface area contributed by atoms with Crippen molar-refractivity contribution in [3.8, 4) is 11.5 Å². The summed E-state index contributed by atoms with van der Waals surface area (Å²) >= 11 is 3.46.